The van der Waals surface area contributed by atoms with Crippen LogP contribution in [-0.2, 0) is 6.54 Å². The summed E-state index contributed by atoms with van der Waals surface area (Å²) in [5.74, 6) is -1.24. The Bertz CT molecular complexity index is 981. The zero-order valence-electron chi connectivity index (χ0n) is 14.1. The number of nitrogens with zero attached hydrogens (tertiary/aromatic N) is 2. The van der Waals surface area contributed by atoms with Gasteiger partial charge < -0.3 is 11.1 Å². The van der Waals surface area contributed by atoms with Crippen LogP contribution >= 0.6 is 11.6 Å². The molecule has 0 radical (unpaired) electrons. The quantitative estimate of drug-likeness (QED) is 0.725. The van der Waals surface area contributed by atoms with Gasteiger partial charge in [0, 0.05) is 6.54 Å². The maximum Gasteiger partial charge on any atom is 0.271 e. The van der Waals surface area contributed by atoms with Gasteiger partial charge in [-0.25, -0.2) is 4.98 Å². The Balaban J connectivity index is 1.94. The predicted molar refractivity (Wildman–Crippen MR) is 99.4 cm³/mol. The summed E-state index contributed by atoms with van der Waals surface area (Å²) in [5.41, 5.74) is 7.91. The van der Waals surface area contributed by atoms with Crippen LogP contribution in [0.4, 0.5) is 0 Å². The van der Waals surface area contributed by atoms with Crippen molar-refractivity contribution in [3.05, 3.63) is 82.4 Å². The van der Waals surface area contributed by atoms with E-state index in [9.17, 15) is 9.59 Å². The van der Waals surface area contributed by atoms with E-state index in [2.05, 4.69) is 10.3 Å². The first-order chi connectivity index (χ1) is 12.5. The van der Waals surface area contributed by atoms with Crippen LogP contribution in [0.3, 0.4) is 0 Å². The number of para-hydroxylation sites is 1. The fourth-order valence-electron chi connectivity index (χ4n) is 2.66. The number of aromatic nitrogens is 2. The topological polar surface area (TPSA) is 90.0 Å². The van der Waals surface area contributed by atoms with Crippen LogP contribution in [0.5, 0.6) is 0 Å². The van der Waals surface area contributed by atoms with Crippen molar-refractivity contribution in [2.75, 3.05) is 0 Å². The number of carbonyl (C=O) groups is 2. The lowest BCUT2D eigenvalue weighted by Gasteiger charge is -2.11. The normalized spacial score (nSPS) is 10.5. The minimum absolute atomic E-state index is 0.0539. The molecular formula is C19H17ClN4O2. The third kappa shape index (κ3) is 3.60. The van der Waals surface area contributed by atoms with Crippen molar-refractivity contribution in [3.63, 3.8) is 0 Å². The highest BCUT2D eigenvalue weighted by Crippen LogP contribution is 2.23. The average Bonchev–Trinajstić information content (AvgIpc) is 3.05. The van der Waals surface area contributed by atoms with Crippen LogP contribution in [0.25, 0.3) is 5.69 Å². The fourth-order valence-corrected chi connectivity index (χ4v) is 2.89. The number of carbonyl (C=O) groups excluding carboxylic acids is 2. The second-order valence-electron chi connectivity index (χ2n) is 5.80. The molecule has 3 aromatic rings. The maximum absolute atomic E-state index is 12.8. The molecule has 2 aromatic carbocycles. The van der Waals surface area contributed by atoms with Crippen molar-refractivity contribution in [2.24, 2.45) is 5.73 Å². The van der Waals surface area contributed by atoms with Gasteiger partial charge in [0.05, 0.1) is 10.7 Å². The second-order valence-corrected chi connectivity index (χ2v) is 6.21. The largest absolute Gasteiger partial charge is 0.364 e. The summed E-state index contributed by atoms with van der Waals surface area (Å²) in [6.07, 6.45) is 1.36. The Labute approximate surface area is 155 Å². The van der Waals surface area contributed by atoms with Gasteiger partial charge in [0.15, 0.2) is 5.69 Å². The number of amides is 2. The first kappa shape index (κ1) is 17.7. The molecule has 0 bridgehead atoms. The molecule has 3 N–H and O–H groups in total. The summed E-state index contributed by atoms with van der Waals surface area (Å²) in [6, 6.07) is 14.7. The molecule has 2 amide bonds. The summed E-state index contributed by atoms with van der Waals surface area (Å²) in [6.45, 7) is 2.29. The smallest absolute Gasteiger partial charge is 0.271 e. The van der Waals surface area contributed by atoms with Crippen LogP contribution in [0.1, 0.15) is 32.1 Å². The molecular weight excluding hydrogens is 352 g/mol. The van der Waals surface area contributed by atoms with E-state index in [4.69, 9.17) is 17.3 Å². The van der Waals surface area contributed by atoms with Gasteiger partial charge in [0.25, 0.3) is 11.8 Å². The molecule has 3 rings (SSSR count). The summed E-state index contributed by atoms with van der Waals surface area (Å²) in [4.78, 5) is 28.5. The van der Waals surface area contributed by atoms with Crippen molar-refractivity contribution in [3.8, 4) is 5.69 Å². The molecule has 0 aliphatic carbocycles. The van der Waals surface area contributed by atoms with Crippen molar-refractivity contribution in [1.82, 2.24) is 14.9 Å². The first-order valence-electron chi connectivity index (χ1n) is 7.93. The Hall–Kier alpha value is -3.12. The molecule has 0 aliphatic rings. The number of nitrogens with two attached hydrogens (primary N) is 1. The van der Waals surface area contributed by atoms with Gasteiger partial charge in [-0.05, 0) is 24.6 Å². The van der Waals surface area contributed by atoms with Crippen LogP contribution in [0.15, 0.2) is 54.9 Å². The molecule has 0 unspecified atom stereocenters. The van der Waals surface area contributed by atoms with E-state index in [1.807, 2.05) is 31.2 Å². The number of benzene rings is 2. The number of rotatable bonds is 5. The molecule has 0 saturated heterocycles. The highest BCUT2D eigenvalue weighted by atomic mass is 35.5. The Morgan fingerprint density at radius 2 is 1.96 bits per heavy atom. The second kappa shape index (κ2) is 7.41. The Morgan fingerprint density at radius 1 is 1.19 bits per heavy atom. The number of nitrogens with one attached hydrogen (secondary N) is 1. The van der Waals surface area contributed by atoms with Crippen molar-refractivity contribution >= 4 is 23.4 Å². The summed E-state index contributed by atoms with van der Waals surface area (Å²) in [7, 11) is 0. The first-order valence-corrected chi connectivity index (χ1v) is 8.31. The number of aryl methyl sites for hydroxylation is 1. The third-order valence-electron chi connectivity index (χ3n) is 3.86. The van der Waals surface area contributed by atoms with Gasteiger partial charge in [0.2, 0.25) is 0 Å². The minimum Gasteiger partial charge on any atom is -0.364 e. The molecule has 1 aromatic heterocycles. The summed E-state index contributed by atoms with van der Waals surface area (Å²) in [5, 5.41) is 3.23. The number of imidazole rings is 1. The lowest BCUT2D eigenvalue weighted by molar-refractivity contribution is 0.0926. The Morgan fingerprint density at radius 3 is 2.65 bits per heavy atom. The van der Waals surface area contributed by atoms with Gasteiger partial charge in [-0.3, -0.25) is 14.2 Å². The molecule has 1 heterocycles. The summed E-state index contributed by atoms with van der Waals surface area (Å²) < 4.78 is 1.47. The number of hydrogen-bond donors (Lipinski definition) is 2. The van der Waals surface area contributed by atoms with Gasteiger partial charge in [-0.2, -0.15) is 0 Å². The van der Waals surface area contributed by atoms with Crippen LogP contribution in [-0.4, -0.2) is 21.4 Å². The van der Waals surface area contributed by atoms with E-state index in [1.54, 1.807) is 24.3 Å². The zero-order valence-corrected chi connectivity index (χ0v) is 14.8. The SMILES string of the molecule is Cc1cccc(CNC(=O)c2c(C(N)=O)ncn2-c2ccccc2Cl)c1. The van der Waals surface area contributed by atoms with Crippen LogP contribution < -0.4 is 11.1 Å². The van der Waals surface area contributed by atoms with Gasteiger partial charge in [-0.15, -0.1) is 0 Å². The molecule has 0 saturated carbocycles. The van der Waals surface area contributed by atoms with Gasteiger partial charge in [0.1, 0.15) is 12.0 Å². The maximum atomic E-state index is 12.8. The lowest BCUT2D eigenvalue weighted by atomic mass is 10.1. The number of primary amides is 1. The van der Waals surface area contributed by atoms with Crippen molar-refractivity contribution in [2.45, 2.75) is 13.5 Å². The molecule has 6 nitrogen and oxygen atoms in total. The zero-order chi connectivity index (χ0) is 18.7. The fraction of sp³-hybridized carbons (Fsp3) is 0.105. The van der Waals surface area contributed by atoms with Crippen LogP contribution in [0, 0.1) is 6.92 Å². The molecule has 132 valence electrons. The molecule has 0 aliphatic heterocycles. The molecule has 0 fully saturated rings. The highest BCUT2D eigenvalue weighted by molar-refractivity contribution is 6.32. The van der Waals surface area contributed by atoms with E-state index >= 15 is 0 Å². The number of hydrogen-bond acceptors (Lipinski definition) is 3. The van der Waals surface area contributed by atoms with Gasteiger partial charge in [-0.1, -0.05) is 53.6 Å². The lowest BCUT2D eigenvalue weighted by Crippen LogP contribution is -2.28. The van der Waals surface area contributed by atoms with E-state index < -0.39 is 11.8 Å². The van der Waals surface area contributed by atoms with Crippen molar-refractivity contribution < 1.29 is 9.59 Å². The molecule has 0 atom stereocenters. The van der Waals surface area contributed by atoms with E-state index in [0.29, 0.717) is 17.3 Å². The molecule has 26 heavy (non-hydrogen) atoms. The summed E-state index contributed by atoms with van der Waals surface area (Å²) >= 11 is 6.22. The Kier molecular flexibility index (Phi) is 5.04. The predicted octanol–water partition coefficient (Wildman–Crippen LogP) is 2.86. The standard InChI is InChI=1S/C19H17ClN4O2/c1-12-5-4-6-13(9-12)10-22-19(26)17-16(18(21)25)23-11-24(17)15-8-3-2-7-14(15)20/h2-9,11H,10H2,1H3,(H2,21,25)(H,22,26). The van der Waals surface area contributed by atoms with E-state index in [-0.39, 0.29) is 11.4 Å². The van der Waals surface area contributed by atoms with Crippen molar-refractivity contribution in [1.29, 1.82) is 0 Å². The number of halogens is 1. The average molecular weight is 369 g/mol. The molecule has 0 spiro atoms. The van der Waals surface area contributed by atoms with E-state index in [1.165, 1.54) is 10.9 Å². The highest BCUT2D eigenvalue weighted by Gasteiger charge is 2.23. The molecule has 7 heteroatoms. The monoisotopic (exact) mass is 368 g/mol. The van der Waals surface area contributed by atoms with Crippen LogP contribution in [0.2, 0.25) is 5.02 Å². The minimum atomic E-state index is -0.781. The van der Waals surface area contributed by atoms with E-state index in [0.717, 1.165) is 11.1 Å². The third-order valence-corrected chi connectivity index (χ3v) is 4.18. The van der Waals surface area contributed by atoms with Gasteiger partial charge >= 0.3 is 0 Å².